The Hall–Kier alpha value is -0.970. The molecule has 19 heavy (non-hydrogen) atoms. The zero-order chi connectivity index (χ0) is 13.3. The average Bonchev–Trinajstić information content (AvgIpc) is 2.96. The predicted molar refractivity (Wildman–Crippen MR) is 75.1 cm³/mol. The van der Waals surface area contributed by atoms with Gasteiger partial charge in [0.25, 0.3) is 0 Å². The lowest BCUT2D eigenvalue weighted by atomic mass is 10.1. The Labute approximate surface area is 115 Å². The largest absolute Gasteiger partial charge is 0.379 e. The van der Waals surface area contributed by atoms with Gasteiger partial charge in [-0.1, -0.05) is 0 Å². The minimum absolute atomic E-state index is 0.337. The van der Waals surface area contributed by atoms with E-state index in [1.54, 1.807) is 0 Å². The number of aromatic nitrogens is 1. The first kappa shape index (κ1) is 14.4. The van der Waals surface area contributed by atoms with E-state index in [0.717, 1.165) is 39.2 Å². The predicted octanol–water partition coefficient (Wildman–Crippen LogP) is 2.32. The van der Waals surface area contributed by atoms with E-state index in [4.69, 9.17) is 9.47 Å². The van der Waals surface area contributed by atoms with E-state index in [-0.39, 0.29) is 0 Å². The Morgan fingerprint density at radius 3 is 3.05 bits per heavy atom. The summed E-state index contributed by atoms with van der Waals surface area (Å²) in [6.45, 7) is 5.59. The Morgan fingerprint density at radius 2 is 2.32 bits per heavy atom. The summed E-state index contributed by atoms with van der Waals surface area (Å²) in [6, 6.07) is 4.46. The average molecular weight is 264 g/mol. The molecule has 0 bridgehead atoms. The van der Waals surface area contributed by atoms with Crippen molar-refractivity contribution in [2.45, 2.75) is 38.3 Å². The van der Waals surface area contributed by atoms with Crippen LogP contribution in [0.3, 0.4) is 0 Å². The second kappa shape index (κ2) is 8.25. The third kappa shape index (κ3) is 5.27. The van der Waals surface area contributed by atoms with Gasteiger partial charge in [-0.25, -0.2) is 0 Å². The highest BCUT2D eigenvalue weighted by atomic mass is 16.5. The fraction of sp³-hybridized carbons (Fsp3) is 0.667. The molecule has 2 rings (SSSR count). The molecule has 4 nitrogen and oxygen atoms in total. The molecule has 2 heterocycles. The number of hydrogen-bond acceptors (Lipinski definition) is 4. The topological polar surface area (TPSA) is 43.4 Å². The van der Waals surface area contributed by atoms with Crippen LogP contribution in [0, 0.1) is 0 Å². The summed E-state index contributed by atoms with van der Waals surface area (Å²) in [5.74, 6) is 0. The van der Waals surface area contributed by atoms with Gasteiger partial charge in [-0.3, -0.25) is 4.98 Å². The SMILES string of the molecule is CC(NCCCOCC1CCCO1)c1ccncc1. The van der Waals surface area contributed by atoms with Crippen molar-refractivity contribution in [1.82, 2.24) is 10.3 Å². The van der Waals surface area contributed by atoms with Crippen molar-refractivity contribution in [1.29, 1.82) is 0 Å². The zero-order valence-corrected chi connectivity index (χ0v) is 11.7. The van der Waals surface area contributed by atoms with E-state index in [0.29, 0.717) is 12.1 Å². The third-order valence-corrected chi connectivity index (χ3v) is 3.45. The fourth-order valence-corrected chi connectivity index (χ4v) is 2.25. The van der Waals surface area contributed by atoms with Crippen molar-refractivity contribution in [3.63, 3.8) is 0 Å². The molecule has 0 saturated carbocycles. The highest BCUT2D eigenvalue weighted by Gasteiger charge is 2.14. The molecule has 1 N–H and O–H groups in total. The molecule has 1 aliphatic heterocycles. The summed E-state index contributed by atoms with van der Waals surface area (Å²) in [5.41, 5.74) is 1.27. The van der Waals surface area contributed by atoms with Crippen LogP contribution in [0.2, 0.25) is 0 Å². The molecule has 0 aromatic carbocycles. The van der Waals surface area contributed by atoms with Crippen molar-refractivity contribution in [2.24, 2.45) is 0 Å². The quantitative estimate of drug-likeness (QED) is 0.732. The molecule has 0 radical (unpaired) electrons. The Kier molecular flexibility index (Phi) is 6.27. The maximum Gasteiger partial charge on any atom is 0.0809 e. The van der Waals surface area contributed by atoms with Gasteiger partial charge in [-0.2, -0.15) is 0 Å². The lowest BCUT2D eigenvalue weighted by Crippen LogP contribution is -2.22. The molecule has 1 aliphatic rings. The zero-order valence-electron chi connectivity index (χ0n) is 11.7. The lowest BCUT2D eigenvalue weighted by molar-refractivity contribution is 0.0165. The number of nitrogens with one attached hydrogen (secondary N) is 1. The van der Waals surface area contributed by atoms with Crippen molar-refractivity contribution in [3.05, 3.63) is 30.1 Å². The molecule has 1 aromatic heterocycles. The molecule has 2 atom stereocenters. The molecular weight excluding hydrogens is 240 g/mol. The van der Waals surface area contributed by atoms with Crippen LogP contribution >= 0.6 is 0 Å². The molecule has 1 aromatic rings. The van der Waals surface area contributed by atoms with Crippen LogP contribution in [0.15, 0.2) is 24.5 Å². The van der Waals surface area contributed by atoms with Gasteiger partial charge in [0.15, 0.2) is 0 Å². The number of pyridine rings is 1. The van der Waals surface area contributed by atoms with E-state index in [1.165, 1.54) is 12.0 Å². The highest BCUT2D eigenvalue weighted by Crippen LogP contribution is 2.12. The van der Waals surface area contributed by atoms with Crippen molar-refractivity contribution >= 4 is 0 Å². The summed E-state index contributed by atoms with van der Waals surface area (Å²) < 4.78 is 11.1. The molecular formula is C15H24N2O2. The van der Waals surface area contributed by atoms with Crippen LogP contribution in [-0.4, -0.2) is 37.5 Å². The molecule has 106 valence electrons. The summed E-state index contributed by atoms with van der Waals surface area (Å²) in [5, 5.41) is 3.49. The maximum absolute atomic E-state index is 5.63. The van der Waals surface area contributed by atoms with Crippen LogP contribution in [0.4, 0.5) is 0 Å². The summed E-state index contributed by atoms with van der Waals surface area (Å²) >= 11 is 0. The van der Waals surface area contributed by atoms with Crippen LogP contribution in [-0.2, 0) is 9.47 Å². The van der Waals surface area contributed by atoms with Gasteiger partial charge in [0.1, 0.15) is 0 Å². The summed E-state index contributed by atoms with van der Waals surface area (Å²) in [7, 11) is 0. The lowest BCUT2D eigenvalue weighted by Gasteiger charge is -2.14. The maximum atomic E-state index is 5.63. The standard InChI is InChI=1S/C15H24N2O2/c1-13(14-5-8-16-9-6-14)17-7-3-10-18-12-15-4-2-11-19-15/h5-6,8-9,13,15,17H,2-4,7,10-12H2,1H3. The van der Waals surface area contributed by atoms with Gasteiger partial charge in [0, 0.05) is 31.6 Å². The van der Waals surface area contributed by atoms with Gasteiger partial charge in [-0.05, 0) is 50.4 Å². The smallest absolute Gasteiger partial charge is 0.0809 e. The van der Waals surface area contributed by atoms with Gasteiger partial charge in [-0.15, -0.1) is 0 Å². The van der Waals surface area contributed by atoms with Crippen LogP contribution in [0.5, 0.6) is 0 Å². The summed E-state index contributed by atoms with van der Waals surface area (Å²) in [6.07, 6.45) is 7.36. The number of hydrogen-bond donors (Lipinski definition) is 1. The van der Waals surface area contributed by atoms with E-state index in [9.17, 15) is 0 Å². The summed E-state index contributed by atoms with van der Waals surface area (Å²) in [4.78, 5) is 4.03. The van der Waals surface area contributed by atoms with Crippen molar-refractivity contribution < 1.29 is 9.47 Å². The minimum atomic E-state index is 0.337. The van der Waals surface area contributed by atoms with Crippen LogP contribution in [0.25, 0.3) is 0 Å². The first-order valence-corrected chi connectivity index (χ1v) is 7.19. The van der Waals surface area contributed by atoms with E-state index in [2.05, 4.69) is 17.2 Å². The Bertz CT molecular complexity index is 339. The van der Waals surface area contributed by atoms with E-state index in [1.807, 2.05) is 24.5 Å². The molecule has 1 saturated heterocycles. The molecule has 2 unspecified atom stereocenters. The number of ether oxygens (including phenoxy) is 2. The number of nitrogens with zero attached hydrogens (tertiary/aromatic N) is 1. The third-order valence-electron chi connectivity index (χ3n) is 3.45. The van der Waals surface area contributed by atoms with Gasteiger partial charge in [0.2, 0.25) is 0 Å². The van der Waals surface area contributed by atoms with Gasteiger partial charge >= 0.3 is 0 Å². The Morgan fingerprint density at radius 1 is 1.47 bits per heavy atom. The minimum Gasteiger partial charge on any atom is -0.379 e. The van der Waals surface area contributed by atoms with Crippen LogP contribution in [0.1, 0.15) is 37.8 Å². The first-order valence-electron chi connectivity index (χ1n) is 7.19. The fourth-order valence-electron chi connectivity index (χ4n) is 2.25. The Balaban J connectivity index is 1.49. The van der Waals surface area contributed by atoms with Crippen LogP contribution < -0.4 is 5.32 Å². The first-order chi connectivity index (χ1) is 9.36. The highest BCUT2D eigenvalue weighted by molar-refractivity contribution is 5.13. The normalized spacial score (nSPS) is 20.6. The van der Waals surface area contributed by atoms with E-state index < -0.39 is 0 Å². The second-order valence-corrected chi connectivity index (χ2v) is 5.02. The molecule has 0 spiro atoms. The van der Waals surface area contributed by atoms with Crippen molar-refractivity contribution in [3.8, 4) is 0 Å². The monoisotopic (exact) mass is 264 g/mol. The molecule has 0 amide bonds. The van der Waals surface area contributed by atoms with E-state index >= 15 is 0 Å². The second-order valence-electron chi connectivity index (χ2n) is 5.02. The van der Waals surface area contributed by atoms with Gasteiger partial charge < -0.3 is 14.8 Å². The van der Waals surface area contributed by atoms with Gasteiger partial charge in [0.05, 0.1) is 12.7 Å². The van der Waals surface area contributed by atoms with Crippen molar-refractivity contribution in [2.75, 3.05) is 26.4 Å². The number of rotatable bonds is 8. The molecule has 0 aliphatic carbocycles. The molecule has 4 heteroatoms. The molecule has 1 fully saturated rings.